The molecule has 0 atom stereocenters. The van der Waals surface area contributed by atoms with E-state index in [0.717, 1.165) is 34.0 Å². The Morgan fingerprint density at radius 2 is 1.73 bits per heavy atom. The van der Waals surface area contributed by atoms with Gasteiger partial charge in [-0.25, -0.2) is 4.98 Å². The second-order valence-electron chi connectivity index (χ2n) is 9.47. The molecule has 4 fully saturated rings. The van der Waals surface area contributed by atoms with E-state index < -0.39 is 0 Å². The SMILES string of the molecule is COc1ccc(-c2nc(COC(=O)CC34CC5CC(CC(C5)C3)C4)cs2)cc1OC. The van der Waals surface area contributed by atoms with Gasteiger partial charge in [-0.2, -0.15) is 0 Å². The van der Waals surface area contributed by atoms with E-state index in [1.807, 2.05) is 23.6 Å². The smallest absolute Gasteiger partial charge is 0.306 e. The number of aromatic nitrogens is 1. The maximum atomic E-state index is 12.7. The summed E-state index contributed by atoms with van der Waals surface area (Å²) >= 11 is 1.54. The van der Waals surface area contributed by atoms with Gasteiger partial charge in [0.15, 0.2) is 11.5 Å². The van der Waals surface area contributed by atoms with E-state index in [4.69, 9.17) is 14.2 Å². The largest absolute Gasteiger partial charge is 0.493 e. The van der Waals surface area contributed by atoms with Crippen molar-refractivity contribution in [3.63, 3.8) is 0 Å². The first-order valence-electron chi connectivity index (χ1n) is 10.9. The third-order valence-electron chi connectivity index (χ3n) is 7.25. The zero-order chi connectivity index (χ0) is 20.7. The second-order valence-corrected chi connectivity index (χ2v) is 10.3. The van der Waals surface area contributed by atoms with Crippen LogP contribution in [0.2, 0.25) is 0 Å². The van der Waals surface area contributed by atoms with E-state index in [0.29, 0.717) is 17.9 Å². The summed E-state index contributed by atoms with van der Waals surface area (Å²) in [5.41, 5.74) is 1.98. The molecule has 4 aliphatic carbocycles. The highest BCUT2D eigenvalue weighted by molar-refractivity contribution is 7.13. The minimum atomic E-state index is -0.0578. The van der Waals surface area contributed by atoms with Crippen molar-refractivity contribution in [1.29, 1.82) is 0 Å². The first-order chi connectivity index (χ1) is 14.6. The third-order valence-corrected chi connectivity index (χ3v) is 8.19. The van der Waals surface area contributed by atoms with Crippen molar-refractivity contribution < 1.29 is 19.0 Å². The maximum absolute atomic E-state index is 12.7. The fourth-order valence-corrected chi connectivity index (χ4v) is 7.29. The van der Waals surface area contributed by atoms with E-state index in [9.17, 15) is 4.79 Å². The van der Waals surface area contributed by atoms with E-state index >= 15 is 0 Å². The van der Waals surface area contributed by atoms with Crippen LogP contribution in [0, 0.1) is 23.2 Å². The van der Waals surface area contributed by atoms with E-state index in [-0.39, 0.29) is 18.0 Å². The number of thiazole rings is 1. The van der Waals surface area contributed by atoms with Gasteiger partial charge in [0.25, 0.3) is 0 Å². The highest BCUT2D eigenvalue weighted by atomic mass is 32.1. The van der Waals surface area contributed by atoms with Crippen molar-refractivity contribution in [3.05, 3.63) is 29.3 Å². The molecule has 4 aliphatic rings. The summed E-state index contributed by atoms with van der Waals surface area (Å²) in [5.74, 6) is 3.87. The quantitative estimate of drug-likeness (QED) is 0.548. The number of hydrogen-bond donors (Lipinski definition) is 0. The fourth-order valence-electron chi connectivity index (χ4n) is 6.49. The minimum absolute atomic E-state index is 0.0578. The molecule has 1 heterocycles. The number of hydrogen-bond acceptors (Lipinski definition) is 6. The normalized spacial score (nSPS) is 29.1. The van der Waals surface area contributed by atoms with E-state index in [1.54, 1.807) is 25.6 Å². The third kappa shape index (κ3) is 3.82. The first kappa shape index (κ1) is 19.9. The molecule has 0 radical (unpaired) electrons. The van der Waals surface area contributed by atoms with Crippen molar-refractivity contribution in [2.24, 2.45) is 23.2 Å². The van der Waals surface area contributed by atoms with Crippen LogP contribution in [0.15, 0.2) is 23.6 Å². The Balaban J connectivity index is 1.20. The van der Waals surface area contributed by atoms with Gasteiger partial charge in [-0.15, -0.1) is 11.3 Å². The molecule has 6 rings (SSSR count). The van der Waals surface area contributed by atoms with Gasteiger partial charge in [-0.1, -0.05) is 0 Å². The zero-order valence-electron chi connectivity index (χ0n) is 17.7. The number of carbonyl (C=O) groups excluding carboxylic acids is 1. The molecule has 6 heteroatoms. The molecule has 0 N–H and O–H groups in total. The zero-order valence-corrected chi connectivity index (χ0v) is 18.5. The number of methoxy groups -OCH3 is 2. The van der Waals surface area contributed by atoms with Crippen molar-refractivity contribution >= 4 is 17.3 Å². The summed E-state index contributed by atoms with van der Waals surface area (Å²) < 4.78 is 16.3. The monoisotopic (exact) mass is 427 g/mol. The van der Waals surface area contributed by atoms with E-state index in [1.165, 1.54) is 38.5 Å². The van der Waals surface area contributed by atoms with Crippen LogP contribution in [0.4, 0.5) is 0 Å². The van der Waals surface area contributed by atoms with Crippen LogP contribution in [0.1, 0.15) is 50.6 Å². The summed E-state index contributed by atoms with van der Waals surface area (Å²) in [6.45, 7) is 0.245. The molecule has 0 unspecified atom stereocenters. The molecule has 1 aromatic heterocycles. The van der Waals surface area contributed by atoms with Gasteiger partial charge >= 0.3 is 5.97 Å². The Morgan fingerprint density at radius 3 is 2.37 bits per heavy atom. The molecule has 0 aliphatic heterocycles. The average molecular weight is 428 g/mol. The Kier molecular flexibility index (Phi) is 5.21. The topological polar surface area (TPSA) is 57.7 Å². The molecule has 0 saturated heterocycles. The Bertz CT molecular complexity index is 902. The molecule has 1 aromatic carbocycles. The van der Waals surface area contributed by atoms with Gasteiger partial charge in [0, 0.05) is 10.9 Å². The summed E-state index contributed by atoms with van der Waals surface area (Å²) in [6, 6.07) is 5.75. The lowest BCUT2D eigenvalue weighted by atomic mass is 9.49. The summed E-state index contributed by atoms with van der Waals surface area (Å²) in [5, 5.41) is 2.84. The van der Waals surface area contributed by atoms with Crippen molar-refractivity contribution in [2.75, 3.05) is 14.2 Å². The predicted octanol–water partition coefficient (Wildman–Crippen LogP) is 5.48. The number of nitrogens with zero attached hydrogens (tertiary/aromatic N) is 1. The van der Waals surface area contributed by atoms with Crippen LogP contribution in [0.3, 0.4) is 0 Å². The standard InChI is InChI=1S/C24H29NO4S/c1-27-20-4-3-18(8-21(20)28-2)23-25-19(14-30-23)13-29-22(26)12-24-9-15-5-16(10-24)7-17(6-15)11-24/h3-4,8,14-17H,5-7,9-13H2,1-2H3. The van der Waals surface area contributed by atoms with Gasteiger partial charge in [-0.05, 0) is 79.9 Å². The molecule has 4 saturated carbocycles. The molecular formula is C24H29NO4S. The lowest BCUT2D eigenvalue weighted by Gasteiger charge is -2.56. The number of carbonyl (C=O) groups is 1. The second kappa shape index (κ2) is 7.88. The van der Waals surface area contributed by atoms with Crippen molar-refractivity contribution in [3.8, 4) is 22.1 Å². The number of esters is 1. The van der Waals surface area contributed by atoms with Crippen molar-refractivity contribution in [1.82, 2.24) is 4.98 Å². The lowest BCUT2D eigenvalue weighted by Crippen LogP contribution is -2.47. The van der Waals surface area contributed by atoms with Gasteiger partial charge in [0.2, 0.25) is 0 Å². The van der Waals surface area contributed by atoms with Crippen LogP contribution >= 0.6 is 11.3 Å². The summed E-state index contributed by atoms with van der Waals surface area (Å²) in [7, 11) is 3.24. The molecule has 4 bridgehead atoms. The highest BCUT2D eigenvalue weighted by Crippen LogP contribution is 2.61. The van der Waals surface area contributed by atoms with Gasteiger partial charge in [0.05, 0.1) is 26.3 Å². The van der Waals surface area contributed by atoms with Crippen LogP contribution < -0.4 is 9.47 Å². The molecule has 160 valence electrons. The Hall–Kier alpha value is -2.08. The first-order valence-corrected chi connectivity index (χ1v) is 11.8. The van der Waals surface area contributed by atoms with Gasteiger partial charge in [-0.3, -0.25) is 4.79 Å². The minimum Gasteiger partial charge on any atom is -0.493 e. The summed E-state index contributed by atoms with van der Waals surface area (Å²) in [4.78, 5) is 17.3. The van der Waals surface area contributed by atoms with Crippen LogP contribution in [-0.4, -0.2) is 25.2 Å². The summed E-state index contributed by atoms with van der Waals surface area (Å²) in [6.07, 6.45) is 8.46. The van der Waals surface area contributed by atoms with Crippen LogP contribution in [0.25, 0.3) is 10.6 Å². The van der Waals surface area contributed by atoms with Crippen molar-refractivity contribution in [2.45, 2.75) is 51.6 Å². The van der Waals surface area contributed by atoms with Gasteiger partial charge in [0.1, 0.15) is 11.6 Å². The van der Waals surface area contributed by atoms with Crippen LogP contribution in [-0.2, 0) is 16.1 Å². The lowest BCUT2D eigenvalue weighted by molar-refractivity contribution is -0.153. The highest BCUT2D eigenvalue weighted by Gasteiger charge is 2.51. The van der Waals surface area contributed by atoms with E-state index in [2.05, 4.69) is 4.98 Å². The molecule has 5 nitrogen and oxygen atoms in total. The average Bonchev–Trinajstić information content (AvgIpc) is 3.19. The van der Waals surface area contributed by atoms with Crippen LogP contribution in [0.5, 0.6) is 11.5 Å². The number of benzene rings is 1. The Labute approximate surface area is 181 Å². The Morgan fingerprint density at radius 1 is 1.07 bits per heavy atom. The maximum Gasteiger partial charge on any atom is 0.306 e. The van der Waals surface area contributed by atoms with Gasteiger partial charge < -0.3 is 14.2 Å². The number of ether oxygens (including phenoxy) is 3. The fraction of sp³-hybridized carbons (Fsp3) is 0.583. The molecule has 0 spiro atoms. The number of rotatable bonds is 7. The molecule has 0 amide bonds. The molecular weight excluding hydrogens is 398 g/mol. The molecule has 30 heavy (non-hydrogen) atoms. The molecule has 2 aromatic rings. The predicted molar refractivity (Wildman–Crippen MR) is 116 cm³/mol.